The van der Waals surface area contributed by atoms with Crippen LogP contribution in [0.4, 0.5) is 5.69 Å². The molecule has 2 saturated heterocycles. The molecule has 2 aromatic rings. The number of carbonyl (C=O) groups is 1. The van der Waals surface area contributed by atoms with Crippen LogP contribution in [-0.4, -0.2) is 59.9 Å². The smallest absolute Gasteiger partial charge is 0.251 e. The number of hydrogen-bond acceptors (Lipinski definition) is 6. The van der Waals surface area contributed by atoms with E-state index >= 15 is 0 Å². The molecule has 1 unspecified atom stereocenters. The van der Waals surface area contributed by atoms with Crippen LogP contribution in [0.5, 0.6) is 0 Å². The number of anilines is 1. The van der Waals surface area contributed by atoms with Gasteiger partial charge in [-0.2, -0.15) is 0 Å². The Bertz CT molecular complexity index is 997. The maximum atomic E-state index is 12.5. The van der Waals surface area contributed by atoms with Crippen molar-refractivity contribution >= 4 is 21.6 Å². The van der Waals surface area contributed by atoms with Gasteiger partial charge in [0.1, 0.15) is 0 Å². The van der Waals surface area contributed by atoms with Gasteiger partial charge in [-0.15, -0.1) is 0 Å². The third kappa shape index (κ3) is 5.86. The van der Waals surface area contributed by atoms with Crippen LogP contribution in [0.3, 0.4) is 0 Å². The minimum atomic E-state index is -3.63. The number of carbonyl (C=O) groups excluding carboxylic acids is 1. The molecule has 0 aliphatic carbocycles. The summed E-state index contributed by atoms with van der Waals surface area (Å²) < 4.78 is 38.3. The van der Waals surface area contributed by atoms with Crippen LogP contribution < -0.4 is 14.9 Å². The zero-order chi connectivity index (χ0) is 22.4. The maximum absolute atomic E-state index is 12.5. The quantitative estimate of drug-likeness (QED) is 0.626. The van der Waals surface area contributed by atoms with E-state index in [-0.39, 0.29) is 23.5 Å². The van der Waals surface area contributed by atoms with E-state index in [1.165, 1.54) is 24.3 Å². The number of sulfonamides is 1. The normalized spacial score (nSPS) is 19.1. The largest absolute Gasteiger partial charge is 0.378 e. The first-order chi connectivity index (χ1) is 15.5. The first-order valence-electron chi connectivity index (χ1n) is 10.9. The zero-order valence-electron chi connectivity index (χ0n) is 18.0. The number of ether oxygens (including phenoxy) is 2. The molecule has 0 aromatic heterocycles. The third-order valence-electron chi connectivity index (χ3n) is 5.72. The van der Waals surface area contributed by atoms with E-state index in [4.69, 9.17) is 9.47 Å². The monoisotopic (exact) mass is 459 g/mol. The molecule has 2 aliphatic heterocycles. The molecule has 8 nitrogen and oxygen atoms in total. The van der Waals surface area contributed by atoms with Gasteiger partial charge in [0, 0.05) is 44.0 Å². The Balaban J connectivity index is 1.28. The summed E-state index contributed by atoms with van der Waals surface area (Å²) in [5.41, 5.74) is 2.55. The number of amides is 1. The number of rotatable bonds is 8. The van der Waals surface area contributed by atoms with Crippen LogP contribution in [0, 0.1) is 0 Å². The van der Waals surface area contributed by atoms with Crippen LogP contribution in [0.15, 0.2) is 53.4 Å². The molecule has 0 bridgehead atoms. The van der Waals surface area contributed by atoms with Gasteiger partial charge < -0.3 is 19.7 Å². The fourth-order valence-electron chi connectivity index (χ4n) is 3.81. The van der Waals surface area contributed by atoms with Crippen LogP contribution in [-0.2, 0) is 26.0 Å². The Kier molecular flexibility index (Phi) is 7.41. The van der Waals surface area contributed by atoms with E-state index in [0.717, 1.165) is 50.4 Å². The highest BCUT2D eigenvalue weighted by Crippen LogP contribution is 2.17. The maximum Gasteiger partial charge on any atom is 0.251 e. The van der Waals surface area contributed by atoms with Crippen molar-refractivity contribution in [1.29, 1.82) is 0 Å². The first kappa shape index (κ1) is 22.7. The van der Waals surface area contributed by atoms with E-state index in [0.29, 0.717) is 18.7 Å². The molecule has 0 radical (unpaired) electrons. The molecule has 2 aliphatic rings. The average Bonchev–Trinajstić information content (AvgIpc) is 3.36. The van der Waals surface area contributed by atoms with E-state index in [2.05, 4.69) is 27.1 Å². The molecule has 172 valence electrons. The SMILES string of the molecule is O=C(NCc1ccc(N2CCOCC2)cc1)c1ccc(S(=O)(=O)NCC2CCCO2)cc1. The summed E-state index contributed by atoms with van der Waals surface area (Å²) in [6, 6.07) is 14.1. The molecule has 9 heteroatoms. The Morgan fingerprint density at radius 1 is 1.00 bits per heavy atom. The molecule has 32 heavy (non-hydrogen) atoms. The number of benzene rings is 2. The van der Waals surface area contributed by atoms with Crippen molar-refractivity contribution < 1.29 is 22.7 Å². The van der Waals surface area contributed by atoms with E-state index in [1.807, 2.05) is 12.1 Å². The number of hydrogen-bond donors (Lipinski definition) is 2. The van der Waals surface area contributed by atoms with Crippen molar-refractivity contribution in [3.8, 4) is 0 Å². The summed E-state index contributed by atoms with van der Waals surface area (Å²) in [5, 5.41) is 2.88. The van der Waals surface area contributed by atoms with Crippen molar-refractivity contribution in [2.45, 2.75) is 30.4 Å². The lowest BCUT2D eigenvalue weighted by Gasteiger charge is -2.28. The van der Waals surface area contributed by atoms with Crippen molar-refractivity contribution in [1.82, 2.24) is 10.0 Å². The van der Waals surface area contributed by atoms with Gasteiger partial charge in [0.15, 0.2) is 0 Å². The van der Waals surface area contributed by atoms with Crippen LogP contribution in [0.25, 0.3) is 0 Å². The van der Waals surface area contributed by atoms with Crippen molar-refractivity contribution in [3.05, 3.63) is 59.7 Å². The third-order valence-corrected chi connectivity index (χ3v) is 7.16. The topological polar surface area (TPSA) is 97.0 Å². The lowest BCUT2D eigenvalue weighted by atomic mass is 10.1. The molecule has 1 amide bonds. The minimum absolute atomic E-state index is 0.0715. The summed E-state index contributed by atoms with van der Waals surface area (Å²) in [6.45, 7) is 4.57. The second-order valence-electron chi connectivity index (χ2n) is 7.96. The second-order valence-corrected chi connectivity index (χ2v) is 9.73. The average molecular weight is 460 g/mol. The highest BCUT2D eigenvalue weighted by molar-refractivity contribution is 7.89. The Morgan fingerprint density at radius 2 is 1.72 bits per heavy atom. The fourth-order valence-corrected chi connectivity index (χ4v) is 4.87. The molecule has 4 rings (SSSR count). The van der Waals surface area contributed by atoms with E-state index in [1.54, 1.807) is 0 Å². The predicted molar refractivity (Wildman–Crippen MR) is 121 cm³/mol. The summed E-state index contributed by atoms with van der Waals surface area (Å²) in [7, 11) is -3.63. The first-order valence-corrected chi connectivity index (χ1v) is 12.4. The number of nitrogens with zero attached hydrogens (tertiary/aromatic N) is 1. The Hall–Kier alpha value is -2.46. The lowest BCUT2D eigenvalue weighted by molar-refractivity contribution is 0.0950. The van der Waals surface area contributed by atoms with Gasteiger partial charge in [0.05, 0.1) is 24.2 Å². The molecule has 0 spiro atoms. The minimum Gasteiger partial charge on any atom is -0.378 e. The van der Waals surface area contributed by atoms with E-state index in [9.17, 15) is 13.2 Å². The Morgan fingerprint density at radius 3 is 2.38 bits per heavy atom. The number of morpholine rings is 1. The van der Waals surface area contributed by atoms with Gasteiger partial charge in [0.2, 0.25) is 10.0 Å². The Labute approximate surface area is 189 Å². The highest BCUT2D eigenvalue weighted by atomic mass is 32.2. The molecule has 1 atom stereocenters. The van der Waals surface area contributed by atoms with Gasteiger partial charge in [-0.05, 0) is 54.8 Å². The van der Waals surface area contributed by atoms with Crippen molar-refractivity contribution in [2.24, 2.45) is 0 Å². The molecular formula is C23H29N3O5S. The standard InChI is InChI=1S/C23H29N3O5S/c27-23(24-16-18-3-7-20(8-4-18)26-11-14-30-15-12-26)19-5-9-22(10-6-19)32(28,29)25-17-21-2-1-13-31-21/h3-10,21,25H,1-2,11-17H2,(H,24,27). The van der Waals surface area contributed by atoms with Crippen LogP contribution in [0.1, 0.15) is 28.8 Å². The van der Waals surface area contributed by atoms with Gasteiger partial charge in [-0.1, -0.05) is 12.1 Å². The molecule has 2 heterocycles. The summed E-state index contributed by atoms with van der Waals surface area (Å²) >= 11 is 0. The molecule has 0 saturated carbocycles. The lowest BCUT2D eigenvalue weighted by Crippen LogP contribution is -2.36. The van der Waals surface area contributed by atoms with Crippen molar-refractivity contribution in [3.63, 3.8) is 0 Å². The highest BCUT2D eigenvalue weighted by Gasteiger charge is 2.20. The van der Waals surface area contributed by atoms with Gasteiger partial charge in [-0.3, -0.25) is 4.79 Å². The predicted octanol–water partition coefficient (Wildman–Crippen LogP) is 1.91. The zero-order valence-corrected chi connectivity index (χ0v) is 18.8. The van der Waals surface area contributed by atoms with Gasteiger partial charge in [0.25, 0.3) is 5.91 Å². The second kappa shape index (κ2) is 10.4. The number of nitrogens with one attached hydrogen (secondary N) is 2. The van der Waals surface area contributed by atoms with E-state index < -0.39 is 10.0 Å². The van der Waals surface area contributed by atoms with Crippen LogP contribution >= 0.6 is 0 Å². The summed E-state index contributed by atoms with van der Waals surface area (Å²) in [4.78, 5) is 14.9. The summed E-state index contributed by atoms with van der Waals surface area (Å²) in [6.07, 6.45) is 1.74. The molecule has 2 fully saturated rings. The molecular weight excluding hydrogens is 430 g/mol. The summed E-state index contributed by atoms with van der Waals surface area (Å²) in [5.74, 6) is -0.251. The molecule has 2 N–H and O–H groups in total. The van der Waals surface area contributed by atoms with Gasteiger partial charge in [-0.25, -0.2) is 13.1 Å². The molecule has 2 aromatic carbocycles. The van der Waals surface area contributed by atoms with Crippen LogP contribution in [0.2, 0.25) is 0 Å². The van der Waals surface area contributed by atoms with Gasteiger partial charge >= 0.3 is 0 Å². The fraction of sp³-hybridized carbons (Fsp3) is 0.435. The van der Waals surface area contributed by atoms with Crippen molar-refractivity contribution in [2.75, 3.05) is 44.4 Å².